The van der Waals surface area contributed by atoms with Crippen LogP contribution in [-0.4, -0.2) is 16.7 Å². The van der Waals surface area contributed by atoms with Crippen molar-refractivity contribution in [3.05, 3.63) is 23.8 Å². The Kier molecular flexibility index (Phi) is 2.31. The summed E-state index contributed by atoms with van der Waals surface area (Å²) in [6, 6.07) is 3.86. The topological polar surface area (TPSA) is 27.1 Å². The SMILES string of the molecule is COc1ccc2nc(C)n(C3CCC3)c2c1F. The second-order valence-electron chi connectivity index (χ2n) is 4.56. The van der Waals surface area contributed by atoms with Crippen LogP contribution in [0, 0.1) is 12.7 Å². The van der Waals surface area contributed by atoms with E-state index in [-0.39, 0.29) is 11.6 Å². The van der Waals surface area contributed by atoms with Gasteiger partial charge in [0.25, 0.3) is 0 Å². The minimum Gasteiger partial charge on any atom is -0.494 e. The highest BCUT2D eigenvalue weighted by Crippen LogP contribution is 2.37. The van der Waals surface area contributed by atoms with Gasteiger partial charge in [-0.25, -0.2) is 9.37 Å². The van der Waals surface area contributed by atoms with Gasteiger partial charge in [0.15, 0.2) is 11.6 Å². The minimum absolute atomic E-state index is 0.290. The molecule has 0 unspecified atom stereocenters. The molecule has 0 N–H and O–H groups in total. The number of ether oxygens (including phenoxy) is 1. The summed E-state index contributed by atoms with van der Waals surface area (Å²) in [5.74, 6) is 0.882. The Balaban J connectivity index is 2.28. The number of aromatic nitrogens is 2. The van der Waals surface area contributed by atoms with Crippen LogP contribution in [0.4, 0.5) is 4.39 Å². The van der Waals surface area contributed by atoms with Crippen molar-refractivity contribution in [3.8, 4) is 5.75 Å². The molecule has 1 aromatic heterocycles. The molecule has 1 aliphatic carbocycles. The van der Waals surface area contributed by atoms with Crippen molar-refractivity contribution in [2.45, 2.75) is 32.2 Å². The van der Waals surface area contributed by atoms with Gasteiger partial charge in [0.2, 0.25) is 0 Å². The summed E-state index contributed by atoms with van der Waals surface area (Å²) in [4.78, 5) is 4.42. The molecule has 0 radical (unpaired) electrons. The van der Waals surface area contributed by atoms with E-state index in [0.29, 0.717) is 17.1 Å². The molecule has 1 heterocycles. The fraction of sp³-hybridized carbons (Fsp3) is 0.462. The molecule has 3 rings (SSSR count). The number of fused-ring (bicyclic) bond motifs is 1. The van der Waals surface area contributed by atoms with Crippen molar-refractivity contribution in [2.24, 2.45) is 0 Å². The summed E-state index contributed by atoms with van der Waals surface area (Å²) in [5, 5.41) is 0. The van der Waals surface area contributed by atoms with Gasteiger partial charge in [-0.05, 0) is 38.3 Å². The zero-order chi connectivity index (χ0) is 12.0. The molecule has 0 spiro atoms. The molecule has 17 heavy (non-hydrogen) atoms. The third-order valence-corrected chi connectivity index (χ3v) is 3.59. The highest BCUT2D eigenvalue weighted by molar-refractivity contribution is 5.79. The number of benzene rings is 1. The van der Waals surface area contributed by atoms with E-state index in [2.05, 4.69) is 4.98 Å². The maximum Gasteiger partial charge on any atom is 0.190 e. The molecule has 1 aliphatic rings. The van der Waals surface area contributed by atoms with Gasteiger partial charge >= 0.3 is 0 Å². The van der Waals surface area contributed by atoms with Crippen LogP contribution in [0.15, 0.2) is 12.1 Å². The van der Waals surface area contributed by atoms with Gasteiger partial charge < -0.3 is 9.30 Å². The Hall–Kier alpha value is -1.58. The lowest BCUT2D eigenvalue weighted by molar-refractivity contribution is 0.313. The molecule has 0 aliphatic heterocycles. The Labute approximate surface area is 99.2 Å². The smallest absolute Gasteiger partial charge is 0.190 e. The zero-order valence-corrected chi connectivity index (χ0v) is 10.0. The lowest BCUT2D eigenvalue weighted by Crippen LogP contribution is -2.18. The van der Waals surface area contributed by atoms with Crippen LogP contribution in [0.2, 0.25) is 0 Å². The summed E-state index contributed by atoms with van der Waals surface area (Å²) >= 11 is 0. The summed E-state index contributed by atoms with van der Waals surface area (Å²) in [7, 11) is 1.49. The molecule has 3 nitrogen and oxygen atoms in total. The Morgan fingerprint density at radius 2 is 2.18 bits per heavy atom. The number of imidazole rings is 1. The normalized spacial score (nSPS) is 16.2. The van der Waals surface area contributed by atoms with Gasteiger partial charge in [-0.1, -0.05) is 0 Å². The van der Waals surface area contributed by atoms with Crippen molar-refractivity contribution in [2.75, 3.05) is 7.11 Å². The molecule has 0 amide bonds. The largest absolute Gasteiger partial charge is 0.494 e. The molecule has 1 fully saturated rings. The molecule has 0 atom stereocenters. The first kappa shape index (κ1) is 10.6. The number of methoxy groups -OCH3 is 1. The first-order valence-electron chi connectivity index (χ1n) is 5.93. The lowest BCUT2D eigenvalue weighted by atomic mass is 9.92. The molecule has 1 aromatic carbocycles. The van der Waals surface area contributed by atoms with E-state index in [1.165, 1.54) is 13.5 Å². The monoisotopic (exact) mass is 234 g/mol. The van der Waals surface area contributed by atoms with Crippen LogP contribution in [0.25, 0.3) is 11.0 Å². The van der Waals surface area contributed by atoms with Crippen LogP contribution < -0.4 is 4.74 Å². The molecule has 1 saturated carbocycles. The third kappa shape index (κ3) is 1.43. The number of hydrogen-bond acceptors (Lipinski definition) is 2. The summed E-state index contributed by atoms with van der Waals surface area (Å²) < 4.78 is 21.3. The van der Waals surface area contributed by atoms with Crippen LogP contribution in [0.5, 0.6) is 5.75 Å². The first-order valence-corrected chi connectivity index (χ1v) is 5.93. The van der Waals surface area contributed by atoms with E-state index in [1.807, 2.05) is 17.6 Å². The Morgan fingerprint density at radius 3 is 2.76 bits per heavy atom. The molecule has 0 bridgehead atoms. The number of hydrogen-bond donors (Lipinski definition) is 0. The van der Waals surface area contributed by atoms with Gasteiger partial charge in [0.05, 0.1) is 12.6 Å². The summed E-state index contributed by atoms with van der Waals surface area (Å²) in [6.45, 7) is 1.93. The summed E-state index contributed by atoms with van der Waals surface area (Å²) in [6.07, 6.45) is 3.45. The number of aryl methyl sites for hydroxylation is 1. The zero-order valence-electron chi connectivity index (χ0n) is 10.0. The summed E-state index contributed by atoms with van der Waals surface area (Å²) in [5.41, 5.74) is 1.30. The van der Waals surface area contributed by atoms with Crippen molar-refractivity contribution in [3.63, 3.8) is 0 Å². The second kappa shape index (κ2) is 3.72. The first-order chi connectivity index (χ1) is 8.22. The fourth-order valence-electron chi connectivity index (χ4n) is 2.49. The predicted octanol–water partition coefficient (Wildman–Crippen LogP) is 3.22. The standard InChI is InChI=1S/C13H15FN2O/c1-8-15-10-6-7-11(17-2)12(14)13(10)16(8)9-4-3-5-9/h6-7,9H,3-5H2,1-2H3. The molecule has 0 saturated heterocycles. The van der Waals surface area contributed by atoms with Gasteiger partial charge in [0.1, 0.15) is 11.3 Å². The van der Waals surface area contributed by atoms with Crippen molar-refractivity contribution >= 4 is 11.0 Å². The number of nitrogens with zero attached hydrogens (tertiary/aromatic N) is 2. The lowest BCUT2D eigenvalue weighted by Gasteiger charge is -2.28. The highest BCUT2D eigenvalue weighted by atomic mass is 19.1. The molecule has 2 aromatic rings. The van der Waals surface area contributed by atoms with E-state index >= 15 is 0 Å². The van der Waals surface area contributed by atoms with E-state index < -0.39 is 0 Å². The second-order valence-corrected chi connectivity index (χ2v) is 4.56. The van der Waals surface area contributed by atoms with Crippen molar-refractivity contribution in [1.82, 2.24) is 9.55 Å². The van der Waals surface area contributed by atoms with Gasteiger partial charge in [-0.2, -0.15) is 0 Å². The van der Waals surface area contributed by atoms with Gasteiger partial charge in [-0.15, -0.1) is 0 Å². The van der Waals surface area contributed by atoms with E-state index in [4.69, 9.17) is 4.74 Å². The maximum atomic E-state index is 14.3. The number of rotatable bonds is 2. The van der Waals surface area contributed by atoms with Gasteiger partial charge in [-0.3, -0.25) is 0 Å². The van der Waals surface area contributed by atoms with Crippen molar-refractivity contribution < 1.29 is 9.13 Å². The quantitative estimate of drug-likeness (QED) is 0.797. The minimum atomic E-state index is -0.294. The predicted molar refractivity (Wildman–Crippen MR) is 63.9 cm³/mol. The highest BCUT2D eigenvalue weighted by Gasteiger charge is 2.25. The van der Waals surface area contributed by atoms with E-state index in [1.54, 1.807) is 6.07 Å². The Bertz CT molecular complexity index is 572. The molecule has 90 valence electrons. The fourth-order valence-corrected chi connectivity index (χ4v) is 2.49. The van der Waals surface area contributed by atoms with E-state index in [9.17, 15) is 4.39 Å². The van der Waals surface area contributed by atoms with Crippen molar-refractivity contribution in [1.29, 1.82) is 0 Å². The van der Waals surface area contributed by atoms with Crippen LogP contribution in [0.3, 0.4) is 0 Å². The van der Waals surface area contributed by atoms with Crippen LogP contribution in [-0.2, 0) is 0 Å². The molecular formula is C13H15FN2O. The van der Waals surface area contributed by atoms with E-state index in [0.717, 1.165) is 18.7 Å². The Morgan fingerprint density at radius 1 is 1.41 bits per heavy atom. The molecule has 4 heteroatoms. The average molecular weight is 234 g/mol. The van der Waals surface area contributed by atoms with Crippen LogP contribution in [0.1, 0.15) is 31.1 Å². The number of halogens is 1. The molecular weight excluding hydrogens is 219 g/mol. The maximum absolute atomic E-state index is 14.3. The van der Waals surface area contributed by atoms with Gasteiger partial charge in [0, 0.05) is 6.04 Å². The van der Waals surface area contributed by atoms with Crippen LogP contribution >= 0.6 is 0 Å². The third-order valence-electron chi connectivity index (χ3n) is 3.59. The average Bonchev–Trinajstić information content (AvgIpc) is 2.55.